The zero-order chi connectivity index (χ0) is 0. The first kappa shape index (κ1) is 130. The molecule has 4 N–H and O–H groups in total. The number of rotatable bonds is 0. The van der Waals surface area contributed by atoms with Crippen molar-refractivity contribution in [2.75, 3.05) is 0 Å². The molecule has 2 nitrogen and oxygen atoms in total. The van der Waals surface area contributed by atoms with Gasteiger partial charge in [0.05, 0.1) is 0 Å². The normalized spacial score (nSPS) is 0. The van der Waals surface area contributed by atoms with Crippen molar-refractivity contribution < 1.29 is 27.4 Å². The third kappa shape index (κ3) is 15.9. The van der Waals surface area contributed by atoms with Gasteiger partial charge in [-0.05, 0) is 0 Å². The Bertz CT molecular complexity index is 6.00. The first-order chi connectivity index (χ1) is 0. The van der Waals surface area contributed by atoms with Gasteiger partial charge in [-0.25, -0.2) is 0 Å². The van der Waals surface area contributed by atoms with E-state index in [0.29, 0.717) is 0 Å². The van der Waals surface area contributed by atoms with Crippen LogP contribution in [0.5, 0.6) is 0 Å². The molecule has 0 radical (unpaired) electrons. The SMILES string of the molecule is Cl.O.O.[Ni]. The van der Waals surface area contributed by atoms with Crippen LogP contribution in [0.4, 0.5) is 0 Å². The Labute approximate surface area is 40.5 Å². The largest absolute Gasteiger partial charge is 0.412 e. The van der Waals surface area contributed by atoms with E-state index in [-0.39, 0.29) is 39.9 Å². The molecule has 34 valence electrons. The van der Waals surface area contributed by atoms with Crippen LogP contribution in [-0.2, 0) is 16.5 Å². The molecule has 0 unspecified atom stereocenters. The monoisotopic (exact) mass is 130 g/mol. The van der Waals surface area contributed by atoms with Crippen molar-refractivity contribution in [2.24, 2.45) is 0 Å². The van der Waals surface area contributed by atoms with Crippen molar-refractivity contribution in [1.29, 1.82) is 0 Å². The van der Waals surface area contributed by atoms with Crippen molar-refractivity contribution in [3.63, 3.8) is 0 Å². The molecule has 0 aliphatic heterocycles. The van der Waals surface area contributed by atoms with Gasteiger partial charge in [-0.2, -0.15) is 0 Å². The van der Waals surface area contributed by atoms with E-state index in [4.69, 9.17) is 0 Å². The third-order valence-electron chi connectivity index (χ3n) is 0. The van der Waals surface area contributed by atoms with Crippen molar-refractivity contribution in [3.8, 4) is 0 Å². The van der Waals surface area contributed by atoms with Gasteiger partial charge in [0.25, 0.3) is 0 Å². The van der Waals surface area contributed by atoms with Crippen LogP contribution in [0.15, 0.2) is 0 Å². The predicted molar refractivity (Wildman–Crippen MR) is 14.5 cm³/mol. The van der Waals surface area contributed by atoms with Crippen molar-refractivity contribution in [2.45, 2.75) is 0 Å². The molecular formula is H5ClNiO2. The van der Waals surface area contributed by atoms with Crippen LogP contribution in [-0.4, -0.2) is 11.0 Å². The van der Waals surface area contributed by atoms with Gasteiger partial charge in [0.1, 0.15) is 0 Å². The summed E-state index contributed by atoms with van der Waals surface area (Å²) in [6, 6.07) is 0. The average molecular weight is 131 g/mol. The zero-order valence-electron chi connectivity index (χ0n) is 1.72. The van der Waals surface area contributed by atoms with E-state index in [1.807, 2.05) is 0 Å². The summed E-state index contributed by atoms with van der Waals surface area (Å²) in [5.74, 6) is 0. The van der Waals surface area contributed by atoms with Gasteiger partial charge >= 0.3 is 0 Å². The summed E-state index contributed by atoms with van der Waals surface area (Å²) in [6.07, 6.45) is 0. The minimum absolute atomic E-state index is 0. The van der Waals surface area contributed by atoms with Gasteiger partial charge < -0.3 is 11.0 Å². The second-order valence-corrected chi connectivity index (χ2v) is 0. The standard InChI is InChI=1S/ClH.Ni.2H2O/h1H;;2*1H2. The molecule has 0 amide bonds. The summed E-state index contributed by atoms with van der Waals surface area (Å²) in [5, 5.41) is 0. The Morgan fingerprint density at radius 1 is 0.750 bits per heavy atom. The Morgan fingerprint density at radius 2 is 0.750 bits per heavy atom. The molecule has 0 fully saturated rings. The van der Waals surface area contributed by atoms with Crippen LogP contribution in [0.2, 0.25) is 0 Å². The van der Waals surface area contributed by atoms with E-state index in [2.05, 4.69) is 0 Å². The molecule has 0 aromatic rings. The molecule has 4 heavy (non-hydrogen) atoms. The smallest absolute Gasteiger partial charge is 0 e. The van der Waals surface area contributed by atoms with E-state index in [1.165, 1.54) is 0 Å². The van der Waals surface area contributed by atoms with E-state index >= 15 is 0 Å². The van der Waals surface area contributed by atoms with Gasteiger partial charge in [-0.15, -0.1) is 12.4 Å². The fourth-order valence-electron chi connectivity index (χ4n) is 0. The summed E-state index contributed by atoms with van der Waals surface area (Å²) in [7, 11) is 0. The second kappa shape index (κ2) is 54.7. The van der Waals surface area contributed by atoms with Crippen molar-refractivity contribution in [3.05, 3.63) is 0 Å². The Balaban J connectivity index is 0. The predicted octanol–water partition coefficient (Wildman–Crippen LogP) is -1.23. The Hall–Kier alpha value is 0.704. The molecule has 0 heterocycles. The van der Waals surface area contributed by atoms with Gasteiger partial charge in [0.15, 0.2) is 0 Å². The maximum absolute atomic E-state index is 0. The van der Waals surface area contributed by atoms with Crippen molar-refractivity contribution in [1.82, 2.24) is 0 Å². The molecule has 0 aromatic carbocycles. The fourth-order valence-corrected chi connectivity index (χ4v) is 0. The quantitative estimate of drug-likeness (QED) is 0.369. The second-order valence-electron chi connectivity index (χ2n) is 0. The zero-order valence-corrected chi connectivity index (χ0v) is 3.53. The Morgan fingerprint density at radius 3 is 0.750 bits per heavy atom. The van der Waals surface area contributed by atoms with Gasteiger partial charge in [0, 0.05) is 16.5 Å². The molecule has 0 aliphatic rings. The topological polar surface area (TPSA) is 63.0 Å². The number of hydrogen-bond acceptors (Lipinski definition) is 0. The maximum Gasteiger partial charge on any atom is 0 e. The van der Waals surface area contributed by atoms with Crippen LogP contribution in [0.3, 0.4) is 0 Å². The van der Waals surface area contributed by atoms with Gasteiger partial charge in [-0.1, -0.05) is 0 Å². The average Bonchev–Trinajstić information content (AvgIpc) is 0. The van der Waals surface area contributed by atoms with Crippen molar-refractivity contribution >= 4 is 12.4 Å². The van der Waals surface area contributed by atoms with Crippen LogP contribution >= 0.6 is 12.4 Å². The van der Waals surface area contributed by atoms with Crippen LogP contribution in [0.1, 0.15) is 0 Å². The van der Waals surface area contributed by atoms with Crippen LogP contribution in [0.25, 0.3) is 0 Å². The third-order valence-corrected chi connectivity index (χ3v) is 0. The molecule has 0 aliphatic carbocycles. The molecule has 0 atom stereocenters. The molecular weight excluding hydrogens is 126 g/mol. The summed E-state index contributed by atoms with van der Waals surface area (Å²) >= 11 is 0. The molecule has 0 bridgehead atoms. The molecule has 0 saturated carbocycles. The fraction of sp³-hybridized carbons (Fsp3) is 0. The minimum atomic E-state index is 0. The van der Waals surface area contributed by atoms with Gasteiger partial charge in [-0.3, -0.25) is 0 Å². The van der Waals surface area contributed by atoms with Crippen LogP contribution < -0.4 is 0 Å². The van der Waals surface area contributed by atoms with Gasteiger partial charge in [0.2, 0.25) is 0 Å². The van der Waals surface area contributed by atoms with Crippen LogP contribution in [0, 0.1) is 0 Å². The van der Waals surface area contributed by atoms with E-state index in [0.717, 1.165) is 0 Å². The first-order valence-corrected chi connectivity index (χ1v) is 0. The molecule has 0 rings (SSSR count). The summed E-state index contributed by atoms with van der Waals surface area (Å²) in [6.45, 7) is 0. The number of halogens is 1. The molecule has 0 aromatic heterocycles. The first-order valence-electron chi connectivity index (χ1n) is 0. The maximum atomic E-state index is 0. The van der Waals surface area contributed by atoms with E-state index in [9.17, 15) is 0 Å². The Kier molecular flexibility index (Phi) is 1780. The molecule has 4 heteroatoms. The van der Waals surface area contributed by atoms with E-state index in [1.54, 1.807) is 0 Å². The molecule has 0 spiro atoms. The number of hydrogen-bond donors (Lipinski definition) is 0. The summed E-state index contributed by atoms with van der Waals surface area (Å²) in [5.41, 5.74) is 0. The summed E-state index contributed by atoms with van der Waals surface area (Å²) < 4.78 is 0. The minimum Gasteiger partial charge on any atom is -0.412 e. The van der Waals surface area contributed by atoms with E-state index < -0.39 is 0 Å². The summed E-state index contributed by atoms with van der Waals surface area (Å²) in [4.78, 5) is 0. The molecule has 0 saturated heterocycles.